The van der Waals surface area contributed by atoms with Crippen molar-refractivity contribution in [2.45, 2.75) is 12.4 Å². The first-order chi connectivity index (χ1) is 21.9. The molecule has 0 atom stereocenters. The quantitative estimate of drug-likeness (QED) is 0.186. The molecule has 6 rings (SSSR count). The molecular formula is C34H20F6N4O2. The van der Waals surface area contributed by atoms with Crippen molar-refractivity contribution in [2.75, 3.05) is 10.6 Å². The predicted molar refractivity (Wildman–Crippen MR) is 161 cm³/mol. The Balaban J connectivity index is 1.51. The zero-order chi connectivity index (χ0) is 32.6. The summed E-state index contributed by atoms with van der Waals surface area (Å²) in [5, 5.41) is 6.54. The van der Waals surface area contributed by atoms with Gasteiger partial charge in [0.2, 0.25) is 0 Å². The van der Waals surface area contributed by atoms with E-state index in [2.05, 4.69) is 20.6 Å². The van der Waals surface area contributed by atoms with Crippen LogP contribution >= 0.6 is 0 Å². The van der Waals surface area contributed by atoms with Crippen LogP contribution in [0.1, 0.15) is 31.8 Å². The lowest BCUT2D eigenvalue weighted by Gasteiger charge is -2.19. The molecule has 0 saturated carbocycles. The van der Waals surface area contributed by atoms with Crippen molar-refractivity contribution >= 4 is 45.0 Å². The third-order valence-corrected chi connectivity index (χ3v) is 7.24. The van der Waals surface area contributed by atoms with Crippen LogP contribution in [-0.4, -0.2) is 21.8 Å². The van der Waals surface area contributed by atoms with E-state index in [0.29, 0.717) is 46.1 Å². The highest BCUT2D eigenvalue weighted by molar-refractivity contribution is 6.15. The van der Waals surface area contributed by atoms with Gasteiger partial charge in [-0.2, -0.15) is 26.3 Å². The van der Waals surface area contributed by atoms with E-state index >= 15 is 0 Å². The molecule has 6 nitrogen and oxygen atoms in total. The lowest BCUT2D eigenvalue weighted by molar-refractivity contribution is -0.138. The van der Waals surface area contributed by atoms with Crippen LogP contribution in [0.3, 0.4) is 0 Å². The summed E-state index contributed by atoms with van der Waals surface area (Å²) in [6, 6.07) is 20.8. The maximum atomic E-state index is 13.9. The third kappa shape index (κ3) is 5.96. The lowest BCUT2D eigenvalue weighted by atomic mass is 9.91. The van der Waals surface area contributed by atoms with Crippen LogP contribution in [0.4, 0.5) is 37.7 Å². The maximum absolute atomic E-state index is 13.9. The number of amides is 2. The Morgan fingerprint density at radius 3 is 1.30 bits per heavy atom. The summed E-state index contributed by atoms with van der Waals surface area (Å²) >= 11 is 0. The molecular weight excluding hydrogens is 610 g/mol. The lowest BCUT2D eigenvalue weighted by Crippen LogP contribution is -2.18. The van der Waals surface area contributed by atoms with Crippen molar-refractivity contribution in [1.82, 2.24) is 9.97 Å². The summed E-state index contributed by atoms with van der Waals surface area (Å²) in [6.07, 6.45) is -6.86. The second-order valence-electron chi connectivity index (χ2n) is 10.2. The van der Waals surface area contributed by atoms with E-state index in [4.69, 9.17) is 0 Å². The number of hydrogen-bond acceptors (Lipinski definition) is 4. The molecule has 0 unspecified atom stereocenters. The van der Waals surface area contributed by atoms with E-state index < -0.39 is 57.5 Å². The molecule has 2 N–H and O–H groups in total. The number of aromatic nitrogens is 2. The van der Waals surface area contributed by atoms with Gasteiger partial charge in [-0.1, -0.05) is 36.4 Å². The molecule has 0 aliphatic carbocycles. The zero-order valence-electron chi connectivity index (χ0n) is 23.4. The number of benzene rings is 4. The molecule has 0 bridgehead atoms. The number of pyridine rings is 2. The van der Waals surface area contributed by atoms with Gasteiger partial charge in [-0.25, -0.2) is 0 Å². The van der Waals surface area contributed by atoms with Gasteiger partial charge in [0.1, 0.15) is 0 Å². The molecule has 0 radical (unpaired) electrons. The summed E-state index contributed by atoms with van der Waals surface area (Å²) in [4.78, 5) is 35.8. The van der Waals surface area contributed by atoms with E-state index in [1.54, 1.807) is 48.5 Å². The molecule has 2 heterocycles. The summed E-state index contributed by atoms with van der Waals surface area (Å²) in [7, 11) is 0. The van der Waals surface area contributed by atoms with E-state index in [1.165, 1.54) is 24.5 Å². The van der Waals surface area contributed by atoms with E-state index in [9.17, 15) is 35.9 Å². The molecule has 0 spiro atoms. The Labute approximate surface area is 256 Å². The first-order valence-corrected chi connectivity index (χ1v) is 13.6. The minimum Gasteiger partial charge on any atom is -0.320 e. The fraction of sp³-hybridized carbons (Fsp3) is 0.0588. The number of hydrogen-bond donors (Lipinski definition) is 2. The smallest absolute Gasteiger partial charge is 0.320 e. The SMILES string of the molecule is O=C(Nc1cccc2cccnc12)c1ccc(C(F)(F)F)cc1-c1cc(C(F)(F)F)ccc1C(=O)Nc1cccc2cccnc12. The van der Waals surface area contributed by atoms with Gasteiger partial charge in [0, 0.05) is 34.3 Å². The van der Waals surface area contributed by atoms with Crippen molar-refractivity contribution in [3.8, 4) is 11.1 Å². The Hall–Kier alpha value is -5.78. The van der Waals surface area contributed by atoms with Gasteiger partial charge in [-0.15, -0.1) is 0 Å². The molecule has 0 saturated heterocycles. The standard InChI is InChI=1S/C34H20F6N4O2/c35-33(36,37)21-11-13-23(31(45)43-27-9-1-5-19-7-3-15-41-29(19)27)25(17-21)26-18-22(34(38,39)40)12-14-24(26)32(46)44-28-10-2-6-20-8-4-16-42-30(20)28/h1-18H,(H,43,45)(H,44,46). The minimum absolute atomic E-state index is 0.222. The van der Waals surface area contributed by atoms with Crippen LogP contribution < -0.4 is 10.6 Å². The van der Waals surface area contributed by atoms with Crippen LogP contribution in [0.5, 0.6) is 0 Å². The number of halogens is 6. The molecule has 0 aliphatic heterocycles. The monoisotopic (exact) mass is 630 g/mol. The Kier molecular flexibility index (Phi) is 7.64. The first-order valence-electron chi connectivity index (χ1n) is 13.6. The Morgan fingerprint density at radius 2 is 0.913 bits per heavy atom. The predicted octanol–water partition coefficient (Wildman–Crippen LogP) is 8.99. The number of fused-ring (bicyclic) bond motifs is 2. The number of carbonyl (C=O) groups is 2. The summed E-state index contributed by atoms with van der Waals surface area (Å²) in [6.45, 7) is 0. The summed E-state index contributed by atoms with van der Waals surface area (Å²) in [5.41, 5.74) is -3.12. The maximum Gasteiger partial charge on any atom is 0.416 e. The number of nitrogens with one attached hydrogen (secondary N) is 2. The molecule has 2 amide bonds. The topological polar surface area (TPSA) is 84.0 Å². The van der Waals surface area contributed by atoms with E-state index in [0.717, 1.165) is 12.1 Å². The number of para-hydroxylation sites is 2. The highest BCUT2D eigenvalue weighted by Crippen LogP contribution is 2.39. The molecule has 230 valence electrons. The van der Waals surface area contributed by atoms with Crippen molar-refractivity contribution in [2.24, 2.45) is 0 Å². The van der Waals surface area contributed by atoms with Crippen LogP contribution in [-0.2, 0) is 12.4 Å². The Bertz CT molecular complexity index is 1980. The zero-order valence-corrected chi connectivity index (χ0v) is 23.4. The highest BCUT2D eigenvalue weighted by atomic mass is 19.4. The summed E-state index contributed by atoms with van der Waals surface area (Å²) < 4.78 is 83.6. The van der Waals surface area contributed by atoms with Crippen molar-refractivity contribution in [3.05, 3.63) is 132 Å². The van der Waals surface area contributed by atoms with Gasteiger partial charge in [0.05, 0.1) is 33.5 Å². The van der Waals surface area contributed by atoms with E-state index in [1.807, 2.05) is 0 Å². The van der Waals surface area contributed by atoms with Gasteiger partial charge in [0.15, 0.2) is 0 Å². The fourth-order valence-electron chi connectivity index (χ4n) is 5.07. The van der Waals surface area contributed by atoms with Gasteiger partial charge in [-0.05, 0) is 71.8 Å². The highest BCUT2D eigenvalue weighted by Gasteiger charge is 2.35. The number of alkyl halides is 6. The average Bonchev–Trinajstić information content (AvgIpc) is 3.03. The molecule has 0 aliphatic rings. The number of anilines is 2. The number of carbonyl (C=O) groups excluding carboxylic acids is 2. The van der Waals surface area contributed by atoms with Gasteiger partial charge in [0.25, 0.3) is 11.8 Å². The van der Waals surface area contributed by atoms with Crippen LogP contribution in [0.15, 0.2) is 109 Å². The van der Waals surface area contributed by atoms with Crippen molar-refractivity contribution < 1.29 is 35.9 Å². The molecule has 2 aromatic heterocycles. The fourth-order valence-corrected chi connectivity index (χ4v) is 5.07. The van der Waals surface area contributed by atoms with Crippen molar-refractivity contribution in [3.63, 3.8) is 0 Å². The molecule has 0 fully saturated rings. The first kappa shape index (κ1) is 30.3. The second-order valence-corrected chi connectivity index (χ2v) is 10.2. The molecule has 12 heteroatoms. The number of rotatable bonds is 5. The summed E-state index contributed by atoms with van der Waals surface area (Å²) in [5.74, 6) is -1.85. The minimum atomic E-state index is -4.91. The largest absolute Gasteiger partial charge is 0.416 e. The van der Waals surface area contributed by atoms with Crippen LogP contribution in [0, 0.1) is 0 Å². The van der Waals surface area contributed by atoms with Crippen molar-refractivity contribution in [1.29, 1.82) is 0 Å². The van der Waals surface area contributed by atoms with Crippen LogP contribution in [0.25, 0.3) is 32.9 Å². The second kappa shape index (κ2) is 11.6. The molecule has 46 heavy (non-hydrogen) atoms. The molecule has 4 aromatic carbocycles. The Morgan fingerprint density at radius 1 is 0.522 bits per heavy atom. The van der Waals surface area contributed by atoms with Gasteiger partial charge < -0.3 is 10.6 Å². The normalized spacial score (nSPS) is 11.9. The molecule has 6 aromatic rings. The average molecular weight is 631 g/mol. The third-order valence-electron chi connectivity index (χ3n) is 7.24. The van der Waals surface area contributed by atoms with Crippen LogP contribution in [0.2, 0.25) is 0 Å². The van der Waals surface area contributed by atoms with Gasteiger partial charge >= 0.3 is 12.4 Å². The van der Waals surface area contributed by atoms with E-state index in [-0.39, 0.29) is 11.4 Å². The van der Waals surface area contributed by atoms with Gasteiger partial charge in [-0.3, -0.25) is 19.6 Å². The number of nitrogens with zero attached hydrogens (tertiary/aromatic N) is 2.